The number of nitrogen functional groups attached to an aromatic ring is 1. The van der Waals surface area contributed by atoms with Gasteiger partial charge in [-0.25, -0.2) is 4.79 Å². The Labute approximate surface area is 174 Å². The number of anilines is 1. The topological polar surface area (TPSA) is 114 Å². The van der Waals surface area contributed by atoms with Crippen LogP contribution in [0.1, 0.15) is 17.2 Å². The number of nitrogens with two attached hydrogens (primary N) is 1. The van der Waals surface area contributed by atoms with Gasteiger partial charge < -0.3 is 30.7 Å². The summed E-state index contributed by atoms with van der Waals surface area (Å²) in [4.78, 5) is 11.8. The predicted molar refractivity (Wildman–Crippen MR) is 113 cm³/mol. The van der Waals surface area contributed by atoms with Crippen molar-refractivity contribution in [3.8, 4) is 11.5 Å². The van der Waals surface area contributed by atoms with Crippen molar-refractivity contribution in [3.63, 3.8) is 0 Å². The fraction of sp³-hybridized carbons (Fsp3) is 0.174. The molecule has 0 heterocycles. The van der Waals surface area contributed by atoms with Gasteiger partial charge >= 0.3 is 6.09 Å². The number of rotatable bonds is 8. The molecule has 30 heavy (non-hydrogen) atoms. The molecule has 0 aromatic heterocycles. The Morgan fingerprint density at radius 2 is 1.50 bits per heavy atom. The fourth-order valence-corrected chi connectivity index (χ4v) is 2.70. The highest BCUT2D eigenvalue weighted by atomic mass is 16.5. The number of alkyl carbamates (subject to hydrolysis) is 1. The minimum atomic E-state index is -1.20. The molecule has 2 unspecified atom stereocenters. The van der Waals surface area contributed by atoms with Crippen LogP contribution >= 0.6 is 0 Å². The normalized spacial score (nSPS) is 12.6. The fourth-order valence-electron chi connectivity index (χ4n) is 2.70. The number of hydrogen-bond acceptors (Lipinski definition) is 6. The molecule has 0 saturated carbocycles. The number of amides is 1. The number of aliphatic hydroxyl groups excluding tert-OH is 2. The summed E-state index contributed by atoms with van der Waals surface area (Å²) in [6.45, 7) is -0.0285. The van der Waals surface area contributed by atoms with E-state index in [0.29, 0.717) is 22.7 Å². The van der Waals surface area contributed by atoms with Gasteiger partial charge in [-0.1, -0.05) is 42.5 Å². The Hall–Kier alpha value is -3.55. The van der Waals surface area contributed by atoms with Crippen molar-refractivity contribution < 1.29 is 24.5 Å². The van der Waals surface area contributed by atoms with Crippen molar-refractivity contribution in [2.45, 2.75) is 18.8 Å². The van der Waals surface area contributed by atoms with E-state index in [9.17, 15) is 15.0 Å². The highest BCUT2D eigenvalue weighted by Gasteiger charge is 2.19. The number of carbonyl (C=O) groups excluding carboxylic acids is 1. The summed E-state index contributed by atoms with van der Waals surface area (Å²) < 4.78 is 10.8. The van der Waals surface area contributed by atoms with Crippen LogP contribution in [0.3, 0.4) is 0 Å². The maximum atomic E-state index is 11.8. The van der Waals surface area contributed by atoms with Crippen LogP contribution in [0.2, 0.25) is 0 Å². The number of aliphatic hydroxyl groups is 2. The summed E-state index contributed by atoms with van der Waals surface area (Å²) in [7, 11) is 0. The Kier molecular flexibility index (Phi) is 7.26. The first kappa shape index (κ1) is 21.2. The third kappa shape index (κ3) is 6.23. The molecule has 0 aliphatic carbocycles. The molecule has 0 spiro atoms. The first-order valence-corrected chi connectivity index (χ1v) is 9.45. The molecule has 0 aliphatic rings. The molecule has 0 saturated heterocycles. The predicted octanol–water partition coefficient (Wildman–Crippen LogP) is 3.38. The standard InChI is InChI=1S/C23H24N2O5/c24-18-8-12-20(13-9-18)30-19-10-6-17(7-11-19)22(27)21(26)14-25-23(28)29-15-16-4-2-1-3-5-16/h1-13,21-22,26-27H,14-15,24H2,(H,25,28). The molecule has 0 bridgehead atoms. The lowest BCUT2D eigenvalue weighted by atomic mass is 10.0. The van der Waals surface area contributed by atoms with E-state index in [0.717, 1.165) is 5.56 Å². The summed E-state index contributed by atoms with van der Waals surface area (Å²) in [6.07, 6.45) is -3.04. The molecule has 7 heteroatoms. The second-order valence-corrected chi connectivity index (χ2v) is 6.69. The number of nitrogens with one attached hydrogen (secondary N) is 1. The average Bonchev–Trinajstić information content (AvgIpc) is 2.78. The van der Waals surface area contributed by atoms with E-state index in [-0.39, 0.29) is 13.2 Å². The molecule has 0 fully saturated rings. The summed E-state index contributed by atoms with van der Waals surface area (Å²) in [5, 5.41) is 22.9. The lowest BCUT2D eigenvalue weighted by Crippen LogP contribution is -2.35. The lowest BCUT2D eigenvalue weighted by Gasteiger charge is -2.19. The number of benzene rings is 3. The molecule has 3 aromatic rings. The van der Waals surface area contributed by atoms with E-state index in [1.807, 2.05) is 30.3 Å². The van der Waals surface area contributed by atoms with Crippen LogP contribution in [0, 0.1) is 0 Å². The zero-order chi connectivity index (χ0) is 21.3. The van der Waals surface area contributed by atoms with Crippen molar-refractivity contribution >= 4 is 11.8 Å². The molecular weight excluding hydrogens is 384 g/mol. The van der Waals surface area contributed by atoms with Crippen LogP contribution in [-0.4, -0.2) is 29.0 Å². The van der Waals surface area contributed by atoms with E-state index in [4.69, 9.17) is 15.2 Å². The molecule has 0 aliphatic heterocycles. The Bertz CT molecular complexity index is 930. The van der Waals surface area contributed by atoms with Crippen molar-refractivity contribution in [1.29, 1.82) is 0 Å². The van der Waals surface area contributed by atoms with Gasteiger partial charge in [-0.2, -0.15) is 0 Å². The van der Waals surface area contributed by atoms with Gasteiger partial charge in [-0.15, -0.1) is 0 Å². The molecule has 3 rings (SSSR count). The van der Waals surface area contributed by atoms with Gasteiger partial charge in [0.2, 0.25) is 0 Å². The molecular formula is C23H24N2O5. The van der Waals surface area contributed by atoms with Crippen molar-refractivity contribution in [1.82, 2.24) is 5.32 Å². The van der Waals surface area contributed by atoms with Gasteiger partial charge in [0, 0.05) is 12.2 Å². The lowest BCUT2D eigenvalue weighted by molar-refractivity contribution is 0.0184. The van der Waals surface area contributed by atoms with Gasteiger partial charge in [0.25, 0.3) is 0 Å². The van der Waals surface area contributed by atoms with Crippen LogP contribution in [0.15, 0.2) is 78.9 Å². The zero-order valence-corrected chi connectivity index (χ0v) is 16.3. The van der Waals surface area contributed by atoms with E-state index < -0.39 is 18.3 Å². The second-order valence-electron chi connectivity index (χ2n) is 6.69. The van der Waals surface area contributed by atoms with Crippen LogP contribution in [0.25, 0.3) is 0 Å². The second kappa shape index (κ2) is 10.3. The minimum Gasteiger partial charge on any atom is -0.457 e. The maximum absolute atomic E-state index is 11.8. The first-order chi connectivity index (χ1) is 14.5. The molecule has 1 amide bonds. The summed E-state index contributed by atoms with van der Waals surface area (Å²) in [5.74, 6) is 1.21. The van der Waals surface area contributed by atoms with Gasteiger partial charge in [0.1, 0.15) is 30.3 Å². The van der Waals surface area contributed by atoms with Crippen LogP contribution in [0.4, 0.5) is 10.5 Å². The van der Waals surface area contributed by atoms with Gasteiger partial charge in [0.05, 0.1) is 0 Å². The SMILES string of the molecule is Nc1ccc(Oc2ccc(C(O)C(O)CNC(=O)OCc3ccccc3)cc2)cc1. The highest BCUT2D eigenvalue weighted by Crippen LogP contribution is 2.25. The summed E-state index contributed by atoms with van der Waals surface area (Å²) in [6, 6.07) is 22.9. The third-order valence-electron chi connectivity index (χ3n) is 4.37. The molecule has 156 valence electrons. The summed E-state index contributed by atoms with van der Waals surface area (Å²) in [5.41, 5.74) is 7.64. The molecule has 2 atom stereocenters. The molecule has 3 aromatic carbocycles. The average molecular weight is 408 g/mol. The van der Waals surface area contributed by atoms with Gasteiger partial charge in [-0.3, -0.25) is 0 Å². The van der Waals surface area contributed by atoms with Crippen LogP contribution in [-0.2, 0) is 11.3 Å². The Balaban J connectivity index is 1.46. The quantitative estimate of drug-likeness (QED) is 0.425. The first-order valence-electron chi connectivity index (χ1n) is 9.45. The van der Waals surface area contributed by atoms with Crippen molar-refractivity contribution in [2.75, 3.05) is 12.3 Å². The Morgan fingerprint density at radius 1 is 0.900 bits per heavy atom. The van der Waals surface area contributed by atoms with Crippen molar-refractivity contribution in [3.05, 3.63) is 90.0 Å². The summed E-state index contributed by atoms with van der Waals surface area (Å²) >= 11 is 0. The van der Waals surface area contributed by atoms with E-state index in [1.165, 1.54) is 0 Å². The van der Waals surface area contributed by atoms with E-state index >= 15 is 0 Å². The van der Waals surface area contributed by atoms with Crippen LogP contribution in [0.5, 0.6) is 11.5 Å². The van der Waals surface area contributed by atoms with Gasteiger partial charge in [-0.05, 0) is 47.5 Å². The van der Waals surface area contributed by atoms with E-state index in [1.54, 1.807) is 48.5 Å². The maximum Gasteiger partial charge on any atom is 0.407 e. The smallest absolute Gasteiger partial charge is 0.407 e. The molecule has 0 radical (unpaired) electrons. The minimum absolute atomic E-state index is 0.126. The third-order valence-corrected chi connectivity index (χ3v) is 4.37. The van der Waals surface area contributed by atoms with E-state index in [2.05, 4.69) is 5.32 Å². The zero-order valence-electron chi connectivity index (χ0n) is 16.3. The number of ether oxygens (including phenoxy) is 2. The monoisotopic (exact) mass is 408 g/mol. The molecule has 7 nitrogen and oxygen atoms in total. The highest BCUT2D eigenvalue weighted by molar-refractivity contribution is 5.67. The number of hydrogen-bond donors (Lipinski definition) is 4. The van der Waals surface area contributed by atoms with Gasteiger partial charge in [0.15, 0.2) is 0 Å². The largest absolute Gasteiger partial charge is 0.457 e. The van der Waals surface area contributed by atoms with Crippen LogP contribution < -0.4 is 15.8 Å². The molecule has 5 N–H and O–H groups in total. The van der Waals surface area contributed by atoms with Crippen molar-refractivity contribution in [2.24, 2.45) is 0 Å². The number of carbonyl (C=O) groups is 1. The Morgan fingerprint density at radius 3 is 2.13 bits per heavy atom.